The topological polar surface area (TPSA) is 66.4 Å². The maximum atomic E-state index is 12.9. The highest BCUT2D eigenvalue weighted by Crippen LogP contribution is 2.18. The summed E-state index contributed by atoms with van der Waals surface area (Å²) in [6.07, 6.45) is 0.333. The molecule has 0 heterocycles. The van der Waals surface area contributed by atoms with Crippen molar-refractivity contribution in [2.75, 3.05) is 0 Å². The van der Waals surface area contributed by atoms with Crippen LogP contribution >= 0.6 is 15.9 Å². The molecule has 0 radical (unpaired) electrons. The number of hydrogen-bond donors (Lipinski definition) is 2. The van der Waals surface area contributed by atoms with E-state index in [2.05, 4.69) is 21.2 Å². The summed E-state index contributed by atoms with van der Waals surface area (Å²) in [4.78, 5) is 23.0. The van der Waals surface area contributed by atoms with E-state index < -0.39 is 23.7 Å². The second-order valence-electron chi connectivity index (χ2n) is 4.62. The van der Waals surface area contributed by atoms with Gasteiger partial charge in [0.2, 0.25) is 0 Å². The van der Waals surface area contributed by atoms with Crippen molar-refractivity contribution in [1.29, 1.82) is 0 Å². The predicted octanol–water partition coefficient (Wildman–Crippen LogP) is 2.82. The van der Waals surface area contributed by atoms with E-state index in [0.29, 0.717) is 10.9 Å². The number of nitrogens with one attached hydrogen (secondary N) is 1. The van der Waals surface area contributed by atoms with Crippen molar-refractivity contribution >= 4 is 27.8 Å². The van der Waals surface area contributed by atoms with E-state index in [1.807, 2.05) is 13.8 Å². The van der Waals surface area contributed by atoms with E-state index in [9.17, 15) is 14.0 Å². The van der Waals surface area contributed by atoms with Crippen LogP contribution in [0.15, 0.2) is 22.7 Å². The summed E-state index contributed by atoms with van der Waals surface area (Å²) in [6.45, 7) is 3.74. The molecule has 0 aliphatic rings. The summed E-state index contributed by atoms with van der Waals surface area (Å²) in [5, 5.41) is 11.5. The van der Waals surface area contributed by atoms with E-state index in [4.69, 9.17) is 5.11 Å². The van der Waals surface area contributed by atoms with Gasteiger partial charge in [0.1, 0.15) is 11.9 Å². The molecule has 1 amide bonds. The highest BCUT2D eigenvalue weighted by molar-refractivity contribution is 9.10. The lowest BCUT2D eigenvalue weighted by Gasteiger charge is -2.16. The zero-order chi connectivity index (χ0) is 14.6. The minimum atomic E-state index is -1.08. The van der Waals surface area contributed by atoms with Crippen molar-refractivity contribution in [3.05, 3.63) is 34.1 Å². The molecule has 0 aliphatic heterocycles. The Labute approximate surface area is 119 Å². The first-order valence-electron chi connectivity index (χ1n) is 5.80. The molecule has 0 fully saturated rings. The van der Waals surface area contributed by atoms with Gasteiger partial charge < -0.3 is 10.4 Å². The molecule has 2 N–H and O–H groups in total. The molecule has 1 rings (SSSR count). The molecule has 19 heavy (non-hydrogen) atoms. The summed E-state index contributed by atoms with van der Waals surface area (Å²) in [7, 11) is 0. The maximum Gasteiger partial charge on any atom is 0.326 e. The zero-order valence-corrected chi connectivity index (χ0v) is 12.2. The normalized spacial score (nSPS) is 12.3. The van der Waals surface area contributed by atoms with Crippen LogP contribution in [0.25, 0.3) is 0 Å². The van der Waals surface area contributed by atoms with Crippen LogP contribution in [0, 0.1) is 11.7 Å². The molecule has 0 unspecified atom stereocenters. The third-order valence-corrected chi connectivity index (χ3v) is 3.14. The Balaban J connectivity index is 2.84. The third kappa shape index (κ3) is 4.63. The minimum absolute atomic E-state index is 0.137. The van der Waals surface area contributed by atoms with Gasteiger partial charge in [-0.1, -0.05) is 13.8 Å². The monoisotopic (exact) mass is 331 g/mol. The summed E-state index contributed by atoms with van der Waals surface area (Å²) < 4.78 is 13.2. The van der Waals surface area contributed by atoms with E-state index >= 15 is 0 Å². The minimum Gasteiger partial charge on any atom is -0.480 e. The Kier molecular flexibility index (Phi) is 5.47. The van der Waals surface area contributed by atoms with E-state index in [1.54, 1.807) is 0 Å². The molecule has 0 saturated heterocycles. The van der Waals surface area contributed by atoms with Gasteiger partial charge in [-0.25, -0.2) is 9.18 Å². The molecular weight excluding hydrogens is 317 g/mol. The fraction of sp³-hybridized carbons (Fsp3) is 0.385. The molecule has 1 aromatic rings. The Morgan fingerprint density at radius 2 is 2.05 bits per heavy atom. The summed E-state index contributed by atoms with van der Waals surface area (Å²) >= 11 is 3.08. The Morgan fingerprint density at radius 3 is 2.53 bits per heavy atom. The highest BCUT2D eigenvalue weighted by Gasteiger charge is 2.22. The average Bonchev–Trinajstić information content (AvgIpc) is 2.26. The van der Waals surface area contributed by atoms with Gasteiger partial charge in [0.05, 0.1) is 5.56 Å². The molecule has 6 heteroatoms. The first-order chi connectivity index (χ1) is 8.81. The molecule has 4 nitrogen and oxygen atoms in total. The van der Waals surface area contributed by atoms with Gasteiger partial charge in [0.25, 0.3) is 5.91 Å². The summed E-state index contributed by atoms with van der Waals surface area (Å²) in [5.41, 5.74) is 0.205. The van der Waals surface area contributed by atoms with Crippen LogP contribution in [-0.4, -0.2) is 23.0 Å². The first-order valence-corrected chi connectivity index (χ1v) is 6.59. The van der Waals surface area contributed by atoms with Crippen LogP contribution in [0.3, 0.4) is 0 Å². The molecule has 0 saturated carbocycles. The number of halogens is 2. The summed E-state index contributed by atoms with van der Waals surface area (Å²) in [5.74, 6) is -1.96. The Hall–Kier alpha value is -1.43. The highest BCUT2D eigenvalue weighted by atomic mass is 79.9. The van der Waals surface area contributed by atoms with Crippen molar-refractivity contribution < 1.29 is 19.1 Å². The quantitative estimate of drug-likeness (QED) is 0.871. The average molecular weight is 332 g/mol. The van der Waals surface area contributed by atoms with Crippen LogP contribution in [0.2, 0.25) is 0 Å². The van der Waals surface area contributed by atoms with Crippen molar-refractivity contribution in [3.8, 4) is 0 Å². The molecule has 104 valence electrons. The number of amides is 1. The van der Waals surface area contributed by atoms with Gasteiger partial charge in [0, 0.05) is 4.47 Å². The Morgan fingerprint density at radius 1 is 1.42 bits per heavy atom. The van der Waals surface area contributed by atoms with Gasteiger partial charge in [-0.3, -0.25) is 4.79 Å². The second-order valence-corrected chi connectivity index (χ2v) is 5.47. The van der Waals surface area contributed by atoms with Crippen LogP contribution < -0.4 is 5.32 Å². The first kappa shape index (κ1) is 15.6. The molecule has 0 spiro atoms. The molecule has 0 bridgehead atoms. The SMILES string of the molecule is CC(C)C[C@@H](NC(=O)c1ccc(F)cc1Br)C(=O)O. The van der Waals surface area contributed by atoms with Gasteiger partial charge in [-0.2, -0.15) is 0 Å². The van der Waals surface area contributed by atoms with E-state index in [0.717, 1.165) is 12.1 Å². The van der Waals surface area contributed by atoms with Crippen molar-refractivity contribution in [2.24, 2.45) is 5.92 Å². The lowest BCUT2D eigenvalue weighted by molar-refractivity contribution is -0.139. The zero-order valence-electron chi connectivity index (χ0n) is 10.6. The number of carbonyl (C=O) groups is 2. The lowest BCUT2D eigenvalue weighted by atomic mass is 10.0. The standard InChI is InChI=1S/C13H15BrFNO3/c1-7(2)5-11(13(18)19)16-12(17)9-4-3-8(15)6-10(9)14/h3-4,6-7,11H,5H2,1-2H3,(H,16,17)(H,18,19)/t11-/m1/s1. The number of rotatable bonds is 5. The van der Waals surface area contributed by atoms with Gasteiger partial charge >= 0.3 is 5.97 Å². The van der Waals surface area contributed by atoms with Gasteiger partial charge in [-0.15, -0.1) is 0 Å². The second kappa shape index (κ2) is 6.65. The van der Waals surface area contributed by atoms with Crippen LogP contribution in [-0.2, 0) is 4.79 Å². The molecule has 1 atom stereocenters. The van der Waals surface area contributed by atoms with Crippen LogP contribution in [0.5, 0.6) is 0 Å². The van der Waals surface area contributed by atoms with Crippen molar-refractivity contribution in [2.45, 2.75) is 26.3 Å². The van der Waals surface area contributed by atoms with Gasteiger partial charge in [-0.05, 0) is 46.5 Å². The molecule has 0 aliphatic carbocycles. The van der Waals surface area contributed by atoms with Crippen molar-refractivity contribution in [1.82, 2.24) is 5.32 Å². The predicted molar refractivity (Wildman–Crippen MR) is 72.4 cm³/mol. The smallest absolute Gasteiger partial charge is 0.326 e. The van der Waals surface area contributed by atoms with Crippen LogP contribution in [0.4, 0.5) is 4.39 Å². The van der Waals surface area contributed by atoms with E-state index in [1.165, 1.54) is 6.07 Å². The summed E-state index contributed by atoms with van der Waals surface area (Å²) in [6, 6.07) is 2.66. The third-order valence-electron chi connectivity index (χ3n) is 2.49. The molecular formula is C13H15BrFNO3. The number of aliphatic carboxylic acids is 1. The number of carboxylic acid groups (broad SMARTS) is 1. The number of carboxylic acids is 1. The maximum absolute atomic E-state index is 12.9. The number of carbonyl (C=O) groups excluding carboxylic acids is 1. The van der Waals surface area contributed by atoms with Crippen molar-refractivity contribution in [3.63, 3.8) is 0 Å². The largest absolute Gasteiger partial charge is 0.480 e. The molecule has 0 aromatic heterocycles. The van der Waals surface area contributed by atoms with E-state index in [-0.39, 0.29) is 11.5 Å². The fourth-order valence-electron chi connectivity index (χ4n) is 1.60. The van der Waals surface area contributed by atoms with Gasteiger partial charge in [0.15, 0.2) is 0 Å². The Bertz CT molecular complexity index is 491. The number of benzene rings is 1. The molecule has 1 aromatic carbocycles. The fourth-order valence-corrected chi connectivity index (χ4v) is 2.13. The lowest BCUT2D eigenvalue weighted by Crippen LogP contribution is -2.41. The van der Waals surface area contributed by atoms with Crippen LogP contribution in [0.1, 0.15) is 30.6 Å². The number of hydrogen-bond acceptors (Lipinski definition) is 2.